The van der Waals surface area contributed by atoms with Gasteiger partial charge < -0.3 is 10.4 Å². The molecule has 2 N–H and O–H groups in total. The number of aliphatic hydroxyl groups is 1. The minimum absolute atomic E-state index is 0.0884. The van der Waals surface area contributed by atoms with Gasteiger partial charge in [-0.3, -0.25) is 9.78 Å². The lowest BCUT2D eigenvalue weighted by atomic mass is 9.87. The molecule has 25 heavy (non-hydrogen) atoms. The Hall–Kier alpha value is -2.46. The topological polar surface area (TPSA) is 62.2 Å². The predicted octanol–water partition coefficient (Wildman–Crippen LogP) is 3.67. The van der Waals surface area contributed by atoms with Crippen LogP contribution in [0.1, 0.15) is 36.0 Å². The fourth-order valence-corrected chi connectivity index (χ4v) is 3.88. The van der Waals surface area contributed by atoms with Crippen molar-refractivity contribution in [3.63, 3.8) is 0 Å². The van der Waals surface area contributed by atoms with Crippen molar-refractivity contribution in [2.75, 3.05) is 6.54 Å². The molecule has 1 saturated carbocycles. The van der Waals surface area contributed by atoms with Crippen LogP contribution < -0.4 is 5.32 Å². The molecule has 0 spiro atoms. The van der Waals surface area contributed by atoms with Crippen molar-refractivity contribution in [1.29, 1.82) is 0 Å². The Morgan fingerprint density at radius 1 is 1.16 bits per heavy atom. The number of carbonyl (C=O) groups is 1. The fraction of sp³-hybridized carbons (Fsp3) is 0.333. The van der Waals surface area contributed by atoms with E-state index in [1.54, 1.807) is 6.20 Å². The molecule has 1 aliphatic carbocycles. The van der Waals surface area contributed by atoms with Crippen LogP contribution >= 0.6 is 0 Å². The highest BCUT2D eigenvalue weighted by Gasteiger charge is 2.21. The van der Waals surface area contributed by atoms with E-state index in [1.807, 2.05) is 36.4 Å². The second kappa shape index (κ2) is 6.81. The predicted molar refractivity (Wildman–Crippen MR) is 99.5 cm³/mol. The first-order chi connectivity index (χ1) is 12.2. The van der Waals surface area contributed by atoms with E-state index in [1.165, 1.54) is 0 Å². The number of pyridine rings is 1. The summed E-state index contributed by atoms with van der Waals surface area (Å²) in [6.45, 7) is 0.608. The second-order valence-corrected chi connectivity index (χ2v) is 6.94. The van der Waals surface area contributed by atoms with E-state index in [0.29, 0.717) is 18.0 Å². The summed E-state index contributed by atoms with van der Waals surface area (Å²) in [6, 6.07) is 13.9. The van der Waals surface area contributed by atoms with E-state index >= 15 is 0 Å². The number of amides is 1. The molecule has 4 nitrogen and oxygen atoms in total. The van der Waals surface area contributed by atoms with Gasteiger partial charge >= 0.3 is 0 Å². The SMILES string of the molecule is O=C(NCC1CCCC(O)C1)c1cc2ccccc2c2cccnc12. The summed E-state index contributed by atoms with van der Waals surface area (Å²) in [5.41, 5.74) is 1.35. The van der Waals surface area contributed by atoms with Gasteiger partial charge in [0.1, 0.15) is 0 Å². The van der Waals surface area contributed by atoms with E-state index < -0.39 is 0 Å². The van der Waals surface area contributed by atoms with Gasteiger partial charge in [0.15, 0.2) is 0 Å². The Bertz CT molecular complexity index is 922. The van der Waals surface area contributed by atoms with Crippen LogP contribution in [0, 0.1) is 5.92 Å². The van der Waals surface area contributed by atoms with Gasteiger partial charge in [-0.05, 0) is 48.1 Å². The molecule has 4 rings (SSSR count). The number of hydrogen-bond donors (Lipinski definition) is 2. The van der Waals surface area contributed by atoms with Gasteiger partial charge in [-0.1, -0.05) is 36.8 Å². The van der Waals surface area contributed by atoms with Crippen molar-refractivity contribution in [1.82, 2.24) is 10.3 Å². The van der Waals surface area contributed by atoms with E-state index in [4.69, 9.17) is 0 Å². The zero-order valence-corrected chi connectivity index (χ0v) is 14.1. The lowest BCUT2D eigenvalue weighted by Gasteiger charge is -2.26. The molecule has 2 aromatic carbocycles. The quantitative estimate of drug-likeness (QED) is 0.719. The molecule has 4 heteroatoms. The smallest absolute Gasteiger partial charge is 0.253 e. The molecule has 0 saturated heterocycles. The molecule has 0 radical (unpaired) electrons. The van der Waals surface area contributed by atoms with Crippen LogP contribution in [0.2, 0.25) is 0 Å². The second-order valence-electron chi connectivity index (χ2n) is 6.94. The third-order valence-electron chi connectivity index (χ3n) is 5.16. The van der Waals surface area contributed by atoms with E-state index in [9.17, 15) is 9.90 Å². The maximum Gasteiger partial charge on any atom is 0.253 e. The highest BCUT2D eigenvalue weighted by atomic mass is 16.3. The first kappa shape index (κ1) is 16.0. The first-order valence-electron chi connectivity index (χ1n) is 8.95. The van der Waals surface area contributed by atoms with Gasteiger partial charge in [0, 0.05) is 18.1 Å². The Kier molecular flexibility index (Phi) is 4.36. The Balaban J connectivity index is 1.64. The molecule has 1 fully saturated rings. The summed E-state index contributed by atoms with van der Waals surface area (Å²) >= 11 is 0. The number of aromatic nitrogens is 1. The fourth-order valence-electron chi connectivity index (χ4n) is 3.88. The lowest BCUT2D eigenvalue weighted by molar-refractivity contribution is 0.0875. The number of nitrogens with one attached hydrogen (secondary N) is 1. The van der Waals surface area contributed by atoms with Crippen LogP contribution in [-0.2, 0) is 0 Å². The molecule has 0 bridgehead atoms. The molecule has 1 heterocycles. The Labute approximate surface area is 146 Å². The van der Waals surface area contributed by atoms with Gasteiger partial charge in [-0.25, -0.2) is 0 Å². The Morgan fingerprint density at radius 3 is 2.88 bits per heavy atom. The Morgan fingerprint density at radius 2 is 2.00 bits per heavy atom. The largest absolute Gasteiger partial charge is 0.393 e. The summed E-state index contributed by atoms with van der Waals surface area (Å²) in [5.74, 6) is 0.266. The highest BCUT2D eigenvalue weighted by molar-refractivity contribution is 6.15. The van der Waals surface area contributed by atoms with Crippen molar-refractivity contribution in [3.05, 3.63) is 54.2 Å². The van der Waals surface area contributed by atoms with Crippen LogP contribution in [0.5, 0.6) is 0 Å². The van der Waals surface area contributed by atoms with Crippen LogP contribution in [-0.4, -0.2) is 28.6 Å². The van der Waals surface area contributed by atoms with Crippen molar-refractivity contribution < 1.29 is 9.90 Å². The number of rotatable bonds is 3. The monoisotopic (exact) mass is 334 g/mol. The lowest BCUT2D eigenvalue weighted by Crippen LogP contribution is -2.33. The molecule has 2 unspecified atom stereocenters. The zero-order chi connectivity index (χ0) is 17.2. The van der Waals surface area contributed by atoms with Crippen LogP contribution in [0.15, 0.2) is 48.7 Å². The van der Waals surface area contributed by atoms with Crippen molar-refractivity contribution in [2.45, 2.75) is 31.8 Å². The van der Waals surface area contributed by atoms with Gasteiger partial charge in [-0.2, -0.15) is 0 Å². The molecular formula is C21H22N2O2. The molecule has 128 valence electrons. The molecule has 1 aliphatic rings. The minimum Gasteiger partial charge on any atom is -0.393 e. The number of aliphatic hydroxyl groups excluding tert-OH is 1. The highest BCUT2D eigenvalue weighted by Crippen LogP contribution is 2.28. The van der Waals surface area contributed by atoms with Gasteiger partial charge in [0.25, 0.3) is 5.91 Å². The number of hydrogen-bond acceptors (Lipinski definition) is 3. The number of fused-ring (bicyclic) bond motifs is 3. The van der Waals surface area contributed by atoms with E-state index in [2.05, 4.69) is 16.4 Å². The maximum absolute atomic E-state index is 12.8. The van der Waals surface area contributed by atoms with Crippen molar-refractivity contribution in [2.24, 2.45) is 5.92 Å². The minimum atomic E-state index is -0.223. The van der Waals surface area contributed by atoms with Crippen LogP contribution in [0.3, 0.4) is 0 Å². The third-order valence-corrected chi connectivity index (χ3v) is 5.16. The molecule has 1 aromatic heterocycles. The van der Waals surface area contributed by atoms with Gasteiger partial charge in [0.2, 0.25) is 0 Å². The molecule has 2 atom stereocenters. The molecular weight excluding hydrogens is 312 g/mol. The average Bonchev–Trinajstić information content (AvgIpc) is 2.65. The normalized spacial score (nSPS) is 20.7. The molecule has 0 aliphatic heterocycles. The van der Waals surface area contributed by atoms with Crippen molar-refractivity contribution >= 4 is 27.6 Å². The molecule has 1 amide bonds. The standard InChI is InChI=1S/C21H22N2O2/c24-16-7-3-5-14(11-16)13-23-21(25)19-12-15-6-1-2-8-17(15)18-9-4-10-22-20(18)19/h1-2,4,6,8-10,12,14,16,24H,3,5,7,11,13H2,(H,23,25). The third kappa shape index (κ3) is 3.22. The zero-order valence-electron chi connectivity index (χ0n) is 14.1. The number of nitrogens with zero attached hydrogens (tertiary/aromatic N) is 1. The van der Waals surface area contributed by atoms with E-state index in [-0.39, 0.29) is 12.0 Å². The van der Waals surface area contributed by atoms with Crippen molar-refractivity contribution in [3.8, 4) is 0 Å². The summed E-state index contributed by atoms with van der Waals surface area (Å²) < 4.78 is 0. The summed E-state index contributed by atoms with van der Waals surface area (Å²) in [7, 11) is 0. The number of carbonyl (C=O) groups excluding carboxylic acids is 1. The van der Waals surface area contributed by atoms with Gasteiger partial charge in [-0.15, -0.1) is 0 Å². The van der Waals surface area contributed by atoms with Gasteiger partial charge in [0.05, 0.1) is 17.2 Å². The number of benzene rings is 2. The van der Waals surface area contributed by atoms with E-state index in [0.717, 1.165) is 47.4 Å². The summed E-state index contributed by atoms with van der Waals surface area (Å²) in [4.78, 5) is 17.3. The van der Waals surface area contributed by atoms with Crippen LogP contribution in [0.25, 0.3) is 21.7 Å². The first-order valence-corrected chi connectivity index (χ1v) is 8.95. The average molecular weight is 334 g/mol. The maximum atomic E-state index is 12.8. The summed E-state index contributed by atoms with van der Waals surface area (Å²) in [5, 5.41) is 16.0. The van der Waals surface area contributed by atoms with Crippen LogP contribution in [0.4, 0.5) is 0 Å². The molecule has 3 aromatic rings. The summed E-state index contributed by atoms with van der Waals surface area (Å²) in [6.07, 6.45) is 5.25.